The van der Waals surface area contributed by atoms with Gasteiger partial charge in [0.1, 0.15) is 17.4 Å². The minimum atomic E-state index is -0.287. The van der Waals surface area contributed by atoms with Gasteiger partial charge in [-0.25, -0.2) is 9.37 Å². The molecule has 1 aromatic heterocycles. The normalized spacial score (nSPS) is 11.3. The first kappa shape index (κ1) is 28.9. The van der Waals surface area contributed by atoms with E-state index in [1.807, 2.05) is 54.6 Å². The molecule has 0 amide bonds. The maximum absolute atomic E-state index is 15.0. The summed E-state index contributed by atoms with van der Waals surface area (Å²) in [7, 11) is 0. The zero-order valence-electron chi connectivity index (χ0n) is 23.7. The Balaban J connectivity index is 1.10. The Bertz CT molecular complexity index is 1210. The number of fused-ring (bicyclic) bond motifs is 1. The van der Waals surface area contributed by atoms with Crippen LogP contribution < -0.4 is 4.74 Å². The Kier molecular flexibility index (Phi) is 11.9. The molecule has 39 heavy (non-hydrogen) atoms. The number of nitrogens with zero attached hydrogens (tertiary/aromatic N) is 1. The van der Waals surface area contributed by atoms with Crippen molar-refractivity contribution in [2.45, 2.75) is 96.8 Å². The third-order valence-electron chi connectivity index (χ3n) is 7.57. The molecular weight excluding hydrogens is 483 g/mol. The average molecular weight is 529 g/mol. The summed E-state index contributed by atoms with van der Waals surface area (Å²) in [5.74, 6) is 1.13. The number of ether oxygens (including phenoxy) is 1. The number of imidazole rings is 1. The van der Waals surface area contributed by atoms with Crippen molar-refractivity contribution >= 4 is 11.0 Å². The molecule has 0 aliphatic rings. The van der Waals surface area contributed by atoms with E-state index in [0.29, 0.717) is 11.4 Å². The van der Waals surface area contributed by atoms with Gasteiger partial charge in [0.25, 0.3) is 0 Å². The van der Waals surface area contributed by atoms with Crippen molar-refractivity contribution in [2.75, 3.05) is 6.61 Å². The van der Waals surface area contributed by atoms with E-state index < -0.39 is 0 Å². The molecule has 4 aromatic rings. The number of unbranched alkanes of at least 4 members (excludes halogenated alkanes) is 13. The smallest absolute Gasteiger partial charge is 0.141 e. The molecule has 0 saturated heterocycles. The number of rotatable bonds is 18. The van der Waals surface area contributed by atoms with E-state index in [1.165, 1.54) is 83.5 Å². The van der Waals surface area contributed by atoms with Gasteiger partial charge in [-0.3, -0.25) is 0 Å². The van der Waals surface area contributed by atoms with Crippen LogP contribution in [0.1, 0.15) is 96.8 Å². The fourth-order valence-corrected chi connectivity index (χ4v) is 5.20. The first-order chi connectivity index (χ1) is 19.2. The van der Waals surface area contributed by atoms with Gasteiger partial charge in [-0.15, -0.1) is 0 Å². The third kappa shape index (κ3) is 9.23. The van der Waals surface area contributed by atoms with Crippen molar-refractivity contribution in [3.8, 4) is 28.3 Å². The largest absolute Gasteiger partial charge is 0.494 e. The lowest BCUT2D eigenvalue weighted by Gasteiger charge is -2.09. The third-order valence-corrected chi connectivity index (χ3v) is 7.57. The molecule has 1 N–H and O–H groups in total. The van der Waals surface area contributed by atoms with Crippen molar-refractivity contribution in [1.82, 2.24) is 9.97 Å². The van der Waals surface area contributed by atoms with Crippen LogP contribution in [0.25, 0.3) is 33.5 Å². The van der Waals surface area contributed by atoms with Gasteiger partial charge in [0.15, 0.2) is 0 Å². The Morgan fingerprint density at radius 2 is 1.26 bits per heavy atom. The molecule has 3 aromatic carbocycles. The molecule has 1 heterocycles. The fraction of sp³-hybridized carbons (Fsp3) is 0.457. The Morgan fingerprint density at radius 3 is 1.87 bits per heavy atom. The van der Waals surface area contributed by atoms with Gasteiger partial charge in [0.05, 0.1) is 23.2 Å². The highest BCUT2D eigenvalue weighted by atomic mass is 19.1. The van der Waals surface area contributed by atoms with Crippen molar-refractivity contribution in [3.63, 3.8) is 0 Å². The summed E-state index contributed by atoms with van der Waals surface area (Å²) in [6.07, 6.45) is 19.0. The van der Waals surface area contributed by atoms with Crippen LogP contribution in [0.2, 0.25) is 0 Å². The topological polar surface area (TPSA) is 37.9 Å². The molecule has 0 aliphatic heterocycles. The van der Waals surface area contributed by atoms with Gasteiger partial charge in [-0.05, 0) is 53.9 Å². The van der Waals surface area contributed by atoms with Gasteiger partial charge in [-0.2, -0.15) is 0 Å². The molecule has 3 nitrogen and oxygen atoms in total. The lowest BCUT2D eigenvalue weighted by molar-refractivity contribution is 0.304. The van der Waals surface area contributed by atoms with Crippen LogP contribution in [0, 0.1) is 5.82 Å². The van der Waals surface area contributed by atoms with Crippen molar-refractivity contribution in [1.29, 1.82) is 0 Å². The molecule has 4 rings (SSSR count). The van der Waals surface area contributed by atoms with Gasteiger partial charge < -0.3 is 9.72 Å². The van der Waals surface area contributed by atoms with E-state index in [-0.39, 0.29) is 5.82 Å². The number of halogens is 1. The second-order valence-corrected chi connectivity index (χ2v) is 10.8. The minimum absolute atomic E-state index is 0.287. The summed E-state index contributed by atoms with van der Waals surface area (Å²) in [6.45, 7) is 3.03. The van der Waals surface area contributed by atoms with Gasteiger partial charge in [-0.1, -0.05) is 121 Å². The summed E-state index contributed by atoms with van der Waals surface area (Å²) in [5, 5.41) is 0. The lowest BCUT2D eigenvalue weighted by atomic mass is 10.0. The zero-order valence-corrected chi connectivity index (χ0v) is 23.7. The number of hydrogen-bond donors (Lipinski definition) is 1. The number of hydrogen-bond acceptors (Lipinski definition) is 2. The van der Waals surface area contributed by atoms with Gasteiger partial charge in [0.2, 0.25) is 0 Å². The summed E-state index contributed by atoms with van der Waals surface area (Å²) >= 11 is 0. The highest BCUT2D eigenvalue weighted by Gasteiger charge is 2.11. The zero-order chi connectivity index (χ0) is 27.1. The Labute approximate surface area is 234 Å². The highest BCUT2D eigenvalue weighted by Crippen LogP contribution is 2.29. The minimum Gasteiger partial charge on any atom is -0.494 e. The van der Waals surface area contributed by atoms with Crippen LogP contribution in [0.15, 0.2) is 66.7 Å². The average Bonchev–Trinajstić information content (AvgIpc) is 3.39. The number of aromatic amines is 1. The SMILES string of the molecule is CCCCCCCCCCCCCCCCOc1ccc(-c2ccc(-c3nc4ccccc4[nH]3)c(F)c2)cc1. The molecule has 208 valence electrons. The quantitative estimate of drug-likeness (QED) is 0.130. The fourth-order valence-electron chi connectivity index (χ4n) is 5.20. The summed E-state index contributed by atoms with van der Waals surface area (Å²) in [6, 6.07) is 21.0. The molecule has 0 radical (unpaired) electrons. The summed E-state index contributed by atoms with van der Waals surface area (Å²) < 4.78 is 20.9. The Hall–Kier alpha value is -3.14. The first-order valence-corrected chi connectivity index (χ1v) is 15.2. The maximum atomic E-state index is 15.0. The van der Waals surface area contributed by atoms with Crippen molar-refractivity contribution in [3.05, 3.63) is 72.5 Å². The predicted octanol–water partition coefficient (Wildman–Crippen LogP) is 10.9. The van der Waals surface area contributed by atoms with Crippen LogP contribution in [-0.2, 0) is 0 Å². The molecule has 4 heteroatoms. The molecule has 0 saturated carbocycles. The molecule has 0 unspecified atom stereocenters. The molecule has 0 bridgehead atoms. The van der Waals surface area contributed by atoms with E-state index in [2.05, 4.69) is 16.9 Å². The van der Waals surface area contributed by atoms with Crippen LogP contribution in [0.5, 0.6) is 5.75 Å². The number of aromatic nitrogens is 2. The second kappa shape index (κ2) is 16.1. The van der Waals surface area contributed by atoms with E-state index in [9.17, 15) is 4.39 Å². The number of para-hydroxylation sites is 2. The van der Waals surface area contributed by atoms with Gasteiger partial charge in [0, 0.05) is 0 Å². The Morgan fingerprint density at radius 1 is 0.667 bits per heavy atom. The lowest BCUT2D eigenvalue weighted by Crippen LogP contribution is -1.97. The van der Waals surface area contributed by atoms with Crippen molar-refractivity contribution < 1.29 is 9.13 Å². The van der Waals surface area contributed by atoms with E-state index in [0.717, 1.165) is 40.9 Å². The molecular formula is C35H45FN2O. The number of benzene rings is 3. The standard InChI is InChI=1S/C35H45FN2O/c1-2-3-4-5-6-7-8-9-10-11-12-13-14-17-26-39-30-23-20-28(21-24-30)29-22-25-31(32(36)27-29)35-37-33-18-15-16-19-34(33)38-35/h15-16,18-25,27H,2-14,17,26H2,1H3,(H,37,38). The van der Waals surface area contributed by atoms with E-state index in [4.69, 9.17) is 4.74 Å². The summed E-state index contributed by atoms with van der Waals surface area (Å²) in [4.78, 5) is 7.73. The first-order valence-electron chi connectivity index (χ1n) is 15.2. The maximum Gasteiger partial charge on any atom is 0.141 e. The predicted molar refractivity (Wildman–Crippen MR) is 163 cm³/mol. The highest BCUT2D eigenvalue weighted by molar-refractivity contribution is 5.80. The monoisotopic (exact) mass is 528 g/mol. The van der Waals surface area contributed by atoms with Crippen LogP contribution >= 0.6 is 0 Å². The summed E-state index contributed by atoms with van der Waals surface area (Å²) in [5.41, 5.74) is 4.02. The van der Waals surface area contributed by atoms with E-state index in [1.54, 1.807) is 12.1 Å². The molecule has 0 spiro atoms. The number of H-pyrrole nitrogens is 1. The molecule has 0 atom stereocenters. The molecule has 0 aliphatic carbocycles. The van der Waals surface area contributed by atoms with Gasteiger partial charge >= 0.3 is 0 Å². The van der Waals surface area contributed by atoms with Crippen LogP contribution in [0.4, 0.5) is 4.39 Å². The van der Waals surface area contributed by atoms with Crippen LogP contribution in [0.3, 0.4) is 0 Å². The number of nitrogens with one attached hydrogen (secondary N) is 1. The second-order valence-electron chi connectivity index (χ2n) is 10.8. The molecule has 0 fully saturated rings. The van der Waals surface area contributed by atoms with Crippen LogP contribution in [-0.4, -0.2) is 16.6 Å². The van der Waals surface area contributed by atoms with E-state index >= 15 is 0 Å². The van der Waals surface area contributed by atoms with Crippen molar-refractivity contribution in [2.24, 2.45) is 0 Å².